The van der Waals surface area contributed by atoms with Crippen molar-refractivity contribution in [3.63, 3.8) is 0 Å². The van der Waals surface area contributed by atoms with E-state index in [2.05, 4.69) is 106 Å². The summed E-state index contributed by atoms with van der Waals surface area (Å²) in [4.78, 5) is 2.62. The van der Waals surface area contributed by atoms with Gasteiger partial charge in [-0.2, -0.15) is 0 Å². The molecule has 0 radical (unpaired) electrons. The Morgan fingerprint density at radius 1 is 0.567 bits per heavy atom. The van der Waals surface area contributed by atoms with Crippen molar-refractivity contribution in [2.24, 2.45) is 0 Å². The van der Waals surface area contributed by atoms with Crippen LogP contribution in [0.2, 0.25) is 0 Å². The Morgan fingerprint density at radius 3 is 1.43 bits per heavy atom. The maximum Gasteiger partial charge on any atom is 0.0795 e. The first-order valence-electron chi connectivity index (χ1n) is 10.0. The van der Waals surface area contributed by atoms with Crippen LogP contribution in [-0.4, -0.2) is 8.80 Å². The average molecular weight is 425 g/mol. The van der Waals surface area contributed by atoms with Crippen LogP contribution in [0.15, 0.2) is 83.8 Å². The monoisotopic (exact) mass is 424 g/mol. The number of rotatable bonds is 3. The van der Waals surface area contributed by atoms with Crippen LogP contribution in [0.5, 0.6) is 0 Å². The minimum absolute atomic E-state index is 1.26. The van der Waals surface area contributed by atoms with Crippen LogP contribution in [0, 0.1) is 13.8 Å². The van der Waals surface area contributed by atoms with E-state index in [1.807, 2.05) is 22.7 Å². The zero-order valence-electron chi connectivity index (χ0n) is 16.8. The highest BCUT2D eigenvalue weighted by atomic mass is 32.1. The molecule has 0 aliphatic rings. The van der Waals surface area contributed by atoms with Crippen LogP contribution in [0.1, 0.15) is 11.1 Å². The molecule has 2 nitrogen and oxygen atoms in total. The molecular formula is C26H20N2S2. The van der Waals surface area contributed by atoms with E-state index >= 15 is 0 Å². The zero-order valence-corrected chi connectivity index (χ0v) is 18.4. The number of hydrogen-bond donors (Lipinski definition) is 0. The number of aryl methyl sites for hydroxylation is 2. The van der Waals surface area contributed by atoms with Gasteiger partial charge in [0.15, 0.2) is 0 Å². The molecule has 4 heteroatoms. The Balaban J connectivity index is 1.85. The molecule has 30 heavy (non-hydrogen) atoms. The summed E-state index contributed by atoms with van der Waals surface area (Å²) in [7, 11) is 0. The van der Waals surface area contributed by atoms with Crippen molar-refractivity contribution in [1.82, 2.24) is 8.80 Å². The molecule has 0 aliphatic heterocycles. The van der Waals surface area contributed by atoms with Gasteiger partial charge < -0.3 is 8.80 Å². The van der Waals surface area contributed by atoms with Gasteiger partial charge in [-0.05, 0) is 72.1 Å². The molecule has 6 aromatic heterocycles. The molecule has 0 amide bonds. The van der Waals surface area contributed by atoms with Gasteiger partial charge in [0.25, 0.3) is 0 Å². The number of pyridine rings is 2. The summed E-state index contributed by atoms with van der Waals surface area (Å²) in [5, 5.41) is 4.34. The van der Waals surface area contributed by atoms with Crippen LogP contribution in [0.3, 0.4) is 0 Å². The molecular weight excluding hydrogens is 404 g/mol. The van der Waals surface area contributed by atoms with E-state index in [0.717, 1.165) is 0 Å². The normalized spacial score (nSPS) is 11.7. The van der Waals surface area contributed by atoms with Crippen LogP contribution >= 0.6 is 22.7 Å². The van der Waals surface area contributed by atoms with Crippen LogP contribution in [0.4, 0.5) is 0 Å². The fourth-order valence-electron chi connectivity index (χ4n) is 4.65. The Bertz CT molecular complexity index is 1380. The third-order valence-electron chi connectivity index (χ3n) is 5.95. The topological polar surface area (TPSA) is 8.82 Å². The van der Waals surface area contributed by atoms with Gasteiger partial charge in [-0.15, -0.1) is 22.7 Å². The molecule has 0 aliphatic carbocycles. The van der Waals surface area contributed by atoms with Gasteiger partial charge in [0.05, 0.1) is 11.4 Å². The zero-order chi connectivity index (χ0) is 20.2. The molecule has 6 aromatic rings. The van der Waals surface area contributed by atoms with E-state index in [-0.39, 0.29) is 0 Å². The Morgan fingerprint density at radius 2 is 1.03 bits per heavy atom. The van der Waals surface area contributed by atoms with Crippen molar-refractivity contribution in [3.8, 4) is 32.3 Å². The molecule has 0 saturated heterocycles. The smallest absolute Gasteiger partial charge is 0.0795 e. The molecule has 0 spiro atoms. The molecule has 0 atom stereocenters. The molecule has 0 bridgehead atoms. The summed E-state index contributed by atoms with van der Waals surface area (Å²) < 4.78 is 4.74. The van der Waals surface area contributed by atoms with E-state index < -0.39 is 0 Å². The summed E-state index contributed by atoms with van der Waals surface area (Å²) in [5.41, 5.74) is 10.4. The van der Waals surface area contributed by atoms with Gasteiger partial charge in [0.2, 0.25) is 0 Å². The summed E-state index contributed by atoms with van der Waals surface area (Å²) in [6.07, 6.45) is 4.40. The highest BCUT2D eigenvalue weighted by molar-refractivity contribution is 7.14. The van der Waals surface area contributed by atoms with Gasteiger partial charge in [0.1, 0.15) is 0 Å². The van der Waals surface area contributed by atoms with E-state index in [9.17, 15) is 0 Å². The molecule has 0 saturated carbocycles. The minimum atomic E-state index is 1.26. The molecule has 6 rings (SSSR count). The highest BCUT2D eigenvalue weighted by Gasteiger charge is 2.26. The van der Waals surface area contributed by atoms with E-state index in [0.29, 0.717) is 0 Å². The van der Waals surface area contributed by atoms with Crippen LogP contribution in [0.25, 0.3) is 43.3 Å². The van der Waals surface area contributed by atoms with Crippen molar-refractivity contribution in [3.05, 3.63) is 94.9 Å². The second kappa shape index (κ2) is 6.73. The third kappa shape index (κ3) is 2.41. The van der Waals surface area contributed by atoms with Crippen LogP contribution in [-0.2, 0) is 0 Å². The highest BCUT2D eigenvalue weighted by Crippen LogP contribution is 2.47. The number of fused-ring (bicyclic) bond motifs is 2. The fraction of sp³-hybridized carbons (Fsp3) is 0.0769. The quantitative estimate of drug-likeness (QED) is 0.273. The first-order chi connectivity index (χ1) is 14.8. The Labute approximate surface area is 183 Å². The van der Waals surface area contributed by atoms with Crippen molar-refractivity contribution in [1.29, 1.82) is 0 Å². The lowest BCUT2D eigenvalue weighted by Gasteiger charge is -2.10. The molecule has 0 N–H and O–H groups in total. The second-order valence-electron chi connectivity index (χ2n) is 7.56. The first-order valence-corrected chi connectivity index (χ1v) is 11.8. The lowest BCUT2D eigenvalue weighted by Crippen LogP contribution is -1.94. The maximum atomic E-state index is 2.37. The number of nitrogens with zero attached hydrogens (tertiary/aromatic N) is 2. The fourth-order valence-corrected chi connectivity index (χ4v) is 6.31. The number of hydrogen-bond acceptors (Lipinski definition) is 2. The van der Waals surface area contributed by atoms with Crippen molar-refractivity contribution in [2.75, 3.05) is 0 Å². The van der Waals surface area contributed by atoms with Crippen molar-refractivity contribution < 1.29 is 0 Å². The molecule has 0 unspecified atom stereocenters. The Kier molecular flexibility index (Phi) is 3.98. The first kappa shape index (κ1) is 17.8. The molecule has 146 valence electrons. The second-order valence-corrected chi connectivity index (χ2v) is 9.46. The van der Waals surface area contributed by atoms with Crippen molar-refractivity contribution in [2.45, 2.75) is 13.8 Å². The third-order valence-corrected chi connectivity index (χ3v) is 7.73. The van der Waals surface area contributed by atoms with Gasteiger partial charge in [-0.3, -0.25) is 0 Å². The largest absolute Gasteiger partial charge is 0.314 e. The molecule has 0 aromatic carbocycles. The van der Waals surface area contributed by atoms with Crippen LogP contribution < -0.4 is 0 Å². The van der Waals surface area contributed by atoms with Gasteiger partial charge in [-0.25, -0.2) is 0 Å². The summed E-state index contributed by atoms with van der Waals surface area (Å²) in [5.74, 6) is 0. The summed E-state index contributed by atoms with van der Waals surface area (Å²) in [6.45, 7) is 4.50. The minimum Gasteiger partial charge on any atom is -0.314 e. The average Bonchev–Trinajstić information content (AvgIpc) is 3.56. The van der Waals surface area contributed by atoms with Crippen molar-refractivity contribution >= 4 is 33.7 Å². The van der Waals surface area contributed by atoms with Gasteiger partial charge in [-0.1, -0.05) is 24.3 Å². The standard InChI is InChI=1S/C26H20N2S2/c1-17-19-9-3-5-13-27(19)25(23(17)21-11-7-15-29-21)26-24(22-12-8-16-30-22)18(2)20-10-4-6-14-28(20)26/h3-16H,1-2H3. The van der Waals surface area contributed by atoms with Gasteiger partial charge in [0, 0.05) is 44.3 Å². The SMILES string of the molecule is Cc1c(-c2cccs2)c(-c2c(-c3cccs3)c(C)c3ccccn23)n2ccccc12. The van der Waals surface area contributed by atoms with E-state index in [4.69, 9.17) is 0 Å². The number of aromatic nitrogens is 2. The molecule has 6 heterocycles. The number of thiophene rings is 2. The summed E-state index contributed by atoms with van der Waals surface area (Å²) in [6, 6.07) is 21.7. The predicted octanol–water partition coefficient (Wildman–Crippen LogP) is 7.93. The van der Waals surface area contributed by atoms with Gasteiger partial charge >= 0.3 is 0 Å². The van der Waals surface area contributed by atoms with E-state index in [1.54, 1.807) is 0 Å². The lowest BCUT2D eigenvalue weighted by atomic mass is 10.0. The maximum absolute atomic E-state index is 2.37. The molecule has 0 fully saturated rings. The Hall–Kier alpha value is -3.08. The van der Waals surface area contributed by atoms with E-state index in [1.165, 1.54) is 54.4 Å². The predicted molar refractivity (Wildman–Crippen MR) is 130 cm³/mol. The summed E-state index contributed by atoms with van der Waals surface area (Å²) >= 11 is 3.62. The lowest BCUT2D eigenvalue weighted by molar-refractivity contribution is 1.14.